The number of anilines is 3. The van der Waals surface area contributed by atoms with Crippen molar-refractivity contribution in [3.05, 3.63) is 247 Å². The van der Waals surface area contributed by atoms with Gasteiger partial charge in [-0.05, 0) is 115 Å². The van der Waals surface area contributed by atoms with E-state index in [-0.39, 0.29) is 0 Å². The standard InChI is InChI=1S/C59H37NO/c1-3-15-38(16-4-1)40-27-30-43(31-28-40)60(55-35-42(39-17-5-2-6-18-39)36-56-57(55)50-33-29-41-19-7-8-20-45(41)58(50)61-56)44-32-34-49-48-23-11-14-26-53(48)59(54(49)37-44)51-24-12-9-21-46(51)47-22-10-13-25-52(47)59/h1-37H. The molecule has 0 aliphatic heterocycles. The number of hydrogen-bond acceptors (Lipinski definition) is 2. The van der Waals surface area contributed by atoms with E-state index in [1.54, 1.807) is 0 Å². The first-order chi connectivity index (χ1) is 30.3. The molecule has 1 aromatic heterocycles. The van der Waals surface area contributed by atoms with Crippen LogP contribution in [0.1, 0.15) is 22.3 Å². The van der Waals surface area contributed by atoms with Crippen molar-refractivity contribution in [1.82, 2.24) is 0 Å². The van der Waals surface area contributed by atoms with Crippen LogP contribution in [0, 0.1) is 0 Å². The summed E-state index contributed by atoms with van der Waals surface area (Å²) in [6.07, 6.45) is 0. The van der Waals surface area contributed by atoms with E-state index in [2.05, 4.69) is 229 Å². The van der Waals surface area contributed by atoms with E-state index < -0.39 is 5.41 Å². The van der Waals surface area contributed by atoms with E-state index in [1.807, 2.05) is 0 Å². The van der Waals surface area contributed by atoms with Crippen molar-refractivity contribution in [3.8, 4) is 44.5 Å². The maximum atomic E-state index is 7.01. The van der Waals surface area contributed by atoms with Crippen LogP contribution in [0.25, 0.3) is 77.2 Å². The minimum absolute atomic E-state index is 0.472. The fourth-order valence-electron chi connectivity index (χ4n) is 10.7. The van der Waals surface area contributed by atoms with Gasteiger partial charge in [-0.2, -0.15) is 0 Å². The van der Waals surface area contributed by atoms with Crippen molar-refractivity contribution in [2.75, 3.05) is 4.90 Å². The Morgan fingerprint density at radius 2 is 0.869 bits per heavy atom. The third-order valence-corrected chi connectivity index (χ3v) is 13.3. The number of furan rings is 1. The minimum Gasteiger partial charge on any atom is -0.455 e. The number of benzene rings is 10. The van der Waals surface area contributed by atoms with Gasteiger partial charge in [-0.25, -0.2) is 0 Å². The maximum Gasteiger partial charge on any atom is 0.143 e. The fraction of sp³-hybridized carbons (Fsp3) is 0.0169. The molecule has 0 bridgehead atoms. The van der Waals surface area contributed by atoms with Crippen molar-refractivity contribution in [3.63, 3.8) is 0 Å². The zero-order valence-corrected chi connectivity index (χ0v) is 33.2. The van der Waals surface area contributed by atoms with Crippen LogP contribution in [0.3, 0.4) is 0 Å². The Morgan fingerprint density at radius 3 is 1.52 bits per heavy atom. The average molecular weight is 776 g/mol. The predicted octanol–water partition coefficient (Wildman–Crippen LogP) is 15.9. The molecule has 2 nitrogen and oxygen atoms in total. The number of fused-ring (bicyclic) bond motifs is 15. The highest BCUT2D eigenvalue weighted by atomic mass is 16.3. The molecule has 0 radical (unpaired) electrons. The van der Waals surface area contributed by atoms with Gasteiger partial charge < -0.3 is 9.32 Å². The van der Waals surface area contributed by atoms with Crippen LogP contribution in [0.15, 0.2) is 229 Å². The van der Waals surface area contributed by atoms with E-state index in [0.717, 1.165) is 60.9 Å². The van der Waals surface area contributed by atoms with Gasteiger partial charge in [0.05, 0.1) is 16.5 Å². The molecule has 2 heteroatoms. The summed E-state index contributed by atoms with van der Waals surface area (Å²) >= 11 is 0. The highest BCUT2D eigenvalue weighted by Crippen LogP contribution is 2.63. The molecule has 0 amide bonds. The largest absolute Gasteiger partial charge is 0.455 e. The summed E-state index contributed by atoms with van der Waals surface area (Å²) in [6.45, 7) is 0. The Bertz CT molecular complexity index is 3460. The van der Waals surface area contributed by atoms with E-state index in [1.165, 1.54) is 55.6 Å². The van der Waals surface area contributed by atoms with Gasteiger partial charge in [0.2, 0.25) is 0 Å². The van der Waals surface area contributed by atoms with E-state index in [4.69, 9.17) is 4.42 Å². The van der Waals surface area contributed by atoms with Crippen molar-refractivity contribution in [2.24, 2.45) is 0 Å². The second-order valence-electron chi connectivity index (χ2n) is 16.4. The van der Waals surface area contributed by atoms with E-state index in [0.29, 0.717) is 0 Å². The molecule has 1 heterocycles. The molecule has 1 spiro atoms. The third kappa shape index (κ3) is 4.85. The van der Waals surface area contributed by atoms with Crippen LogP contribution in [-0.2, 0) is 5.41 Å². The van der Waals surface area contributed by atoms with Gasteiger partial charge in [0.1, 0.15) is 11.2 Å². The van der Waals surface area contributed by atoms with Crippen LogP contribution in [-0.4, -0.2) is 0 Å². The molecule has 0 atom stereocenters. The van der Waals surface area contributed by atoms with Crippen LogP contribution in [0.2, 0.25) is 0 Å². The third-order valence-electron chi connectivity index (χ3n) is 13.3. The first-order valence-corrected chi connectivity index (χ1v) is 21.1. The Kier molecular flexibility index (Phi) is 7.26. The second-order valence-corrected chi connectivity index (χ2v) is 16.4. The average Bonchev–Trinajstić information content (AvgIpc) is 3.97. The molecule has 10 aromatic carbocycles. The number of rotatable bonds is 5. The monoisotopic (exact) mass is 775 g/mol. The van der Waals surface area contributed by atoms with Crippen molar-refractivity contribution < 1.29 is 4.42 Å². The smallest absolute Gasteiger partial charge is 0.143 e. The Hall–Kier alpha value is -7.94. The Labute approximate surface area is 354 Å². The molecule has 2 aliphatic rings. The topological polar surface area (TPSA) is 16.4 Å². The molecule has 11 aromatic rings. The first-order valence-electron chi connectivity index (χ1n) is 21.1. The summed E-state index contributed by atoms with van der Waals surface area (Å²) in [5.41, 5.74) is 19.6. The van der Waals surface area contributed by atoms with E-state index in [9.17, 15) is 0 Å². The Morgan fingerprint density at radius 1 is 0.344 bits per heavy atom. The molecule has 0 unspecified atom stereocenters. The van der Waals surface area contributed by atoms with Gasteiger partial charge in [0.25, 0.3) is 0 Å². The van der Waals surface area contributed by atoms with Crippen LogP contribution in [0.5, 0.6) is 0 Å². The molecule has 0 saturated heterocycles. The van der Waals surface area contributed by atoms with Gasteiger partial charge in [-0.15, -0.1) is 0 Å². The lowest BCUT2D eigenvalue weighted by Crippen LogP contribution is -2.26. The molecule has 0 saturated carbocycles. The molecule has 2 aliphatic carbocycles. The molecule has 0 fully saturated rings. The first kappa shape index (κ1) is 34.0. The number of nitrogens with zero attached hydrogens (tertiary/aromatic N) is 1. The van der Waals surface area contributed by atoms with E-state index >= 15 is 0 Å². The highest BCUT2D eigenvalue weighted by molar-refractivity contribution is 6.20. The normalized spacial score (nSPS) is 13.0. The van der Waals surface area contributed by atoms with Gasteiger partial charge in [-0.1, -0.05) is 182 Å². The summed E-state index contributed by atoms with van der Waals surface area (Å²) < 4.78 is 7.01. The summed E-state index contributed by atoms with van der Waals surface area (Å²) in [5.74, 6) is 0. The van der Waals surface area contributed by atoms with Crippen molar-refractivity contribution >= 4 is 49.8 Å². The highest BCUT2D eigenvalue weighted by Gasteiger charge is 2.51. The summed E-state index contributed by atoms with van der Waals surface area (Å²) in [5, 5.41) is 4.45. The zero-order valence-electron chi connectivity index (χ0n) is 33.2. The molecular formula is C59H37NO. The zero-order chi connectivity index (χ0) is 40.1. The molecule has 61 heavy (non-hydrogen) atoms. The SMILES string of the molecule is c1ccc(-c2ccc(N(c3ccc4c(c3)C3(c5ccccc5-c5ccccc53)c3ccccc3-4)c3cc(-c4ccccc4)cc4oc5c6ccccc6ccc5c34)cc2)cc1. The van der Waals surface area contributed by atoms with Gasteiger partial charge in [0, 0.05) is 22.1 Å². The van der Waals surface area contributed by atoms with Gasteiger partial charge in [-0.3, -0.25) is 0 Å². The molecule has 13 rings (SSSR count). The molecule has 0 N–H and O–H groups in total. The molecule has 284 valence electrons. The van der Waals surface area contributed by atoms with Crippen molar-refractivity contribution in [2.45, 2.75) is 5.41 Å². The lowest BCUT2D eigenvalue weighted by molar-refractivity contribution is 0.673. The fourth-order valence-corrected chi connectivity index (χ4v) is 10.7. The lowest BCUT2D eigenvalue weighted by Gasteiger charge is -2.32. The maximum absolute atomic E-state index is 7.01. The summed E-state index contributed by atoms with van der Waals surface area (Å²) in [4.78, 5) is 2.47. The Balaban J connectivity index is 1.13. The van der Waals surface area contributed by atoms with Crippen LogP contribution < -0.4 is 4.90 Å². The predicted molar refractivity (Wildman–Crippen MR) is 253 cm³/mol. The van der Waals surface area contributed by atoms with Gasteiger partial charge in [0.15, 0.2) is 0 Å². The quantitative estimate of drug-likeness (QED) is 0.173. The minimum atomic E-state index is -0.472. The second kappa shape index (κ2) is 13.0. The lowest BCUT2D eigenvalue weighted by atomic mass is 9.70. The van der Waals surface area contributed by atoms with Crippen molar-refractivity contribution in [1.29, 1.82) is 0 Å². The summed E-state index contributed by atoms with van der Waals surface area (Å²) in [7, 11) is 0. The van der Waals surface area contributed by atoms with Crippen LogP contribution >= 0.6 is 0 Å². The number of hydrogen-bond donors (Lipinski definition) is 0. The molecular weight excluding hydrogens is 739 g/mol. The van der Waals surface area contributed by atoms with Gasteiger partial charge >= 0.3 is 0 Å². The summed E-state index contributed by atoms with van der Waals surface area (Å²) in [6, 6.07) is 82.3. The van der Waals surface area contributed by atoms with Crippen LogP contribution in [0.4, 0.5) is 17.1 Å².